The van der Waals surface area contributed by atoms with Gasteiger partial charge in [-0.3, -0.25) is 9.59 Å². The number of hydrogen-bond donors (Lipinski definition) is 0. The molecule has 30 heavy (non-hydrogen) atoms. The van der Waals surface area contributed by atoms with Crippen LogP contribution in [0.15, 0.2) is 41.8 Å². The van der Waals surface area contributed by atoms with Crippen LogP contribution in [0.5, 0.6) is 0 Å². The number of carbonyl (C=O) groups excluding carboxylic acids is 2. The van der Waals surface area contributed by atoms with Crippen LogP contribution in [0.3, 0.4) is 0 Å². The van der Waals surface area contributed by atoms with Crippen molar-refractivity contribution in [2.45, 2.75) is 57.5 Å². The smallest absolute Gasteiger partial charge is 0.263 e. The third-order valence-electron chi connectivity index (χ3n) is 6.43. The van der Waals surface area contributed by atoms with Crippen LogP contribution in [0.2, 0.25) is 0 Å². The summed E-state index contributed by atoms with van der Waals surface area (Å²) in [7, 11) is 0. The van der Waals surface area contributed by atoms with E-state index in [1.54, 1.807) is 12.1 Å². The maximum absolute atomic E-state index is 13.5. The third kappa shape index (κ3) is 4.91. The molecule has 2 aromatic rings. The highest BCUT2D eigenvalue weighted by Crippen LogP contribution is 2.29. The summed E-state index contributed by atoms with van der Waals surface area (Å²) in [5, 5.41) is 1.92. The first-order chi connectivity index (χ1) is 14.6. The number of benzene rings is 1. The summed E-state index contributed by atoms with van der Waals surface area (Å²) in [6.45, 7) is 1.79. The summed E-state index contributed by atoms with van der Waals surface area (Å²) < 4.78 is 13.3. The van der Waals surface area contributed by atoms with E-state index < -0.39 is 0 Å². The number of nitrogens with zero attached hydrogens (tertiary/aromatic N) is 2. The van der Waals surface area contributed by atoms with Crippen LogP contribution in [0, 0.1) is 11.7 Å². The van der Waals surface area contributed by atoms with Crippen molar-refractivity contribution in [3.63, 3.8) is 0 Å². The van der Waals surface area contributed by atoms with E-state index in [1.165, 1.54) is 29.9 Å². The molecule has 4 rings (SSSR count). The van der Waals surface area contributed by atoms with Crippen molar-refractivity contribution in [2.75, 3.05) is 13.1 Å². The van der Waals surface area contributed by atoms with Crippen molar-refractivity contribution >= 4 is 23.2 Å². The molecule has 0 bridgehead atoms. The largest absolute Gasteiger partial charge is 0.338 e. The Balaban J connectivity index is 1.42. The molecule has 0 atom stereocenters. The fourth-order valence-electron chi connectivity index (χ4n) is 4.69. The van der Waals surface area contributed by atoms with E-state index in [0.29, 0.717) is 32.5 Å². The lowest BCUT2D eigenvalue weighted by Gasteiger charge is -2.39. The monoisotopic (exact) mass is 428 g/mol. The minimum Gasteiger partial charge on any atom is -0.338 e. The topological polar surface area (TPSA) is 40.6 Å². The summed E-state index contributed by atoms with van der Waals surface area (Å²) >= 11 is 1.46. The van der Waals surface area contributed by atoms with Crippen molar-refractivity contribution in [1.29, 1.82) is 0 Å². The molecule has 2 aliphatic rings. The molecule has 2 amide bonds. The van der Waals surface area contributed by atoms with E-state index in [1.807, 2.05) is 27.3 Å². The zero-order valence-corrected chi connectivity index (χ0v) is 18.1. The lowest BCUT2D eigenvalue weighted by molar-refractivity contribution is -0.140. The molecule has 160 valence electrons. The van der Waals surface area contributed by atoms with Crippen LogP contribution in [-0.4, -0.2) is 40.7 Å². The summed E-state index contributed by atoms with van der Waals surface area (Å²) in [5.74, 6) is -0.0161. The number of piperidine rings is 1. The highest BCUT2D eigenvalue weighted by Gasteiger charge is 2.34. The third-order valence-corrected chi connectivity index (χ3v) is 7.29. The Morgan fingerprint density at radius 2 is 1.70 bits per heavy atom. The Morgan fingerprint density at radius 1 is 1.00 bits per heavy atom. The standard InChI is InChI=1S/C24H29FN2O2S/c25-20-10-8-18(9-11-20)17-27(21-5-2-1-3-6-21)23(28)19-12-14-26(15-13-19)24(29)22-7-4-16-30-22/h4,7-11,16,19,21H,1-3,5-6,12-15,17H2. The summed E-state index contributed by atoms with van der Waals surface area (Å²) in [6, 6.07) is 10.5. The molecule has 1 aromatic carbocycles. The molecule has 6 heteroatoms. The second-order valence-corrected chi connectivity index (χ2v) is 9.38. The lowest BCUT2D eigenvalue weighted by atomic mass is 9.90. The Morgan fingerprint density at radius 3 is 2.33 bits per heavy atom. The van der Waals surface area contributed by atoms with E-state index >= 15 is 0 Å². The molecular formula is C24H29FN2O2S. The summed E-state index contributed by atoms with van der Waals surface area (Å²) in [5.41, 5.74) is 0.973. The van der Waals surface area contributed by atoms with Gasteiger partial charge in [-0.05, 0) is 54.8 Å². The second kappa shape index (κ2) is 9.73. The number of likely N-dealkylation sites (tertiary alicyclic amines) is 1. The molecule has 4 nitrogen and oxygen atoms in total. The first-order valence-corrected chi connectivity index (χ1v) is 11.9. The first-order valence-electron chi connectivity index (χ1n) is 11.0. The van der Waals surface area contributed by atoms with Gasteiger partial charge in [-0.1, -0.05) is 37.5 Å². The zero-order chi connectivity index (χ0) is 20.9. The van der Waals surface area contributed by atoms with Crippen LogP contribution in [-0.2, 0) is 11.3 Å². The van der Waals surface area contributed by atoms with Gasteiger partial charge in [0.2, 0.25) is 5.91 Å². The molecule has 1 aliphatic heterocycles. The van der Waals surface area contributed by atoms with Gasteiger partial charge in [-0.2, -0.15) is 0 Å². The molecule has 1 aromatic heterocycles. The number of thiophene rings is 1. The molecule has 2 fully saturated rings. The summed E-state index contributed by atoms with van der Waals surface area (Å²) in [6.07, 6.45) is 7.06. The molecule has 1 saturated carbocycles. The van der Waals surface area contributed by atoms with Gasteiger partial charge in [0.1, 0.15) is 5.82 Å². The first kappa shape index (κ1) is 21.0. The highest BCUT2D eigenvalue weighted by atomic mass is 32.1. The maximum Gasteiger partial charge on any atom is 0.263 e. The number of halogens is 1. The molecule has 1 saturated heterocycles. The van der Waals surface area contributed by atoms with E-state index in [-0.39, 0.29) is 29.6 Å². The SMILES string of the molecule is O=C(c1cccs1)N1CCC(C(=O)N(Cc2ccc(F)cc2)C2CCCCC2)CC1. The van der Waals surface area contributed by atoms with E-state index in [2.05, 4.69) is 0 Å². The van der Waals surface area contributed by atoms with Crippen LogP contribution >= 0.6 is 11.3 Å². The summed E-state index contributed by atoms with van der Waals surface area (Å²) in [4.78, 5) is 30.8. The average molecular weight is 429 g/mol. The van der Waals surface area contributed by atoms with Crippen molar-refractivity contribution in [1.82, 2.24) is 9.80 Å². The molecular weight excluding hydrogens is 399 g/mol. The molecule has 0 spiro atoms. The van der Waals surface area contributed by atoms with Gasteiger partial charge < -0.3 is 9.80 Å². The molecule has 2 heterocycles. The predicted molar refractivity (Wildman–Crippen MR) is 117 cm³/mol. The van der Waals surface area contributed by atoms with E-state index in [4.69, 9.17) is 0 Å². The Labute approximate surface area is 181 Å². The minimum atomic E-state index is -0.253. The highest BCUT2D eigenvalue weighted by molar-refractivity contribution is 7.12. The number of amides is 2. The molecule has 0 radical (unpaired) electrons. The van der Waals surface area contributed by atoms with Gasteiger partial charge in [-0.15, -0.1) is 11.3 Å². The minimum absolute atomic E-state index is 0.0419. The van der Waals surface area contributed by atoms with Crippen molar-refractivity contribution < 1.29 is 14.0 Å². The number of rotatable bonds is 5. The Hall–Kier alpha value is -2.21. The second-order valence-electron chi connectivity index (χ2n) is 8.43. The van der Waals surface area contributed by atoms with Crippen molar-refractivity contribution in [3.05, 3.63) is 58.0 Å². The molecule has 1 aliphatic carbocycles. The molecule has 0 N–H and O–H groups in total. The number of hydrogen-bond acceptors (Lipinski definition) is 3. The van der Waals surface area contributed by atoms with Gasteiger partial charge in [0.25, 0.3) is 5.91 Å². The van der Waals surface area contributed by atoms with E-state index in [9.17, 15) is 14.0 Å². The maximum atomic E-state index is 13.5. The van der Waals surface area contributed by atoms with Crippen LogP contribution in [0.1, 0.15) is 60.2 Å². The van der Waals surface area contributed by atoms with Crippen LogP contribution in [0.25, 0.3) is 0 Å². The van der Waals surface area contributed by atoms with Gasteiger partial charge in [0, 0.05) is 31.6 Å². The van der Waals surface area contributed by atoms with Crippen molar-refractivity contribution in [3.8, 4) is 0 Å². The van der Waals surface area contributed by atoms with Gasteiger partial charge in [-0.25, -0.2) is 4.39 Å². The Kier molecular flexibility index (Phi) is 6.82. The van der Waals surface area contributed by atoms with Gasteiger partial charge >= 0.3 is 0 Å². The number of carbonyl (C=O) groups is 2. The normalized spacial score (nSPS) is 18.4. The van der Waals surface area contributed by atoms with E-state index in [0.717, 1.165) is 36.1 Å². The van der Waals surface area contributed by atoms with Gasteiger partial charge in [0.05, 0.1) is 4.88 Å². The van der Waals surface area contributed by atoms with Crippen molar-refractivity contribution in [2.24, 2.45) is 5.92 Å². The van der Waals surface area contributed by atoms with Crippen LogP contribution in [0.4, 0.5) is 4.39 Å². The average Bonchev–Trinajstić information content (AvgIpc) is 3.33. The molecule has 0 unspecified atom stereocenters. The van der Waals surface area contributed by atoms with Crippen LogP contribution < -0.4 is 0 Å². The zero-order valence-electron chi connectivity index (χ0n) is 17.3. The Bertz CT molecular complexity index is 839. The predicted octanol–water partition coefficient (Wildman–Crippen LogP) is 5.10. The quantitative estimate of drug-likeness (QED) is 0.665. The van der Waals surface area contributed by atoms with Gasteiger partial charge in [0.15, 0.2) is 0 Å². The fraction of sp³-hybridized carbons (Fsp3) is 0.500. The lowest BCUT2D eigenvalue weighted by Crippen LogP contribution is -2.47. The fourth-order valence-corrected chi connectivity index (χ4v) is 5.38.